The van der Waals surface area contributed by atoms with Gasteiger partial charge in [-0.25, -0.2) is 4.39 Å². The third-order valence-corrected chi connectivity index (χ3v) is 5.16. The molecular formula is C22H22FN5O3. The Hall–Kier alpha value is -3.40. The largest absolute Gasteiger partial charge is 0.379 e. The monoisotopic (exact) mass is 423 g/mol. The van der Waals surface area contributed by atoms with Gasteiger partial charge in [-0.2, -0.15) is 5.10 Å². The summed E-state index contributed by atoms with van der Waals surface area (Å²) >= 11 is 0. The SMILES string of the molecule is NN=C(C=Nc1ccc(C(O)N2CCOCC2)c(F)c1)c1cc2ccccc2[nH]c1=O. The Morgan fingerprint density at radius 3 is 2.74 bits per heavy atom. The fourth-order valence-electron chi connectivity index (χ4n) is 3.47. The van der Waals surface area contributed by atoms with Crippen LogP contribution in [0.25, 0.3) is 10.9 Å². The Labute approximate surface area is 177 Å². The van der Waals surface area contributed by atoms with Crippen LogP contribution in [0.2, 0.25) is 0 Å². The first-order valence-corrected chi connectivity index (χ1v) is 9.80. The lowest BCUT2D eigenvalue weighted by molar-refractivity contribution is -0.0617. The van der Waals surface area contributed by atoms with E-state index in [4.69, 9.17) is 10.6 Å². The van der Waals surface area contributed by atoms with Gasteiger partial charge in [-0.05, 0) is 35.7 Å². The van der Waals surface area contributed by atoms with E-state index >= 15 is 0 Å². The predicted molar refractivity (Wildman–Crippen MR) is 117 cm³/mol. The van der Waals surface area contributed by atoms with E-state index in [0.717, 1.165) is 5.39 Å². The number of para-hydroxylation sites is 1. The molecule has 4 rings (SSSR count). The van der Waals surface area contributed by atoms with E-state index in [1.807, 2.05) is 18.2 Å². The van der Waals surface area contributed by atoms with Crippen molar-refractivity contribution in [1.29, 1.82) is 0 Å². The van der Waals surface area contributed by atoms with Gasteiger partial charge < -0.3 is 20.7 Å². The molecule has 0 spiro atoms. The van der Waals surface area contributed by atoms with E-state index in [0.29, 0.717) is 37.5 Å². The summed E-state index contributed by atoms with van der Waals surface area (Å²) in [7, 11) is 0. The standard InChI is InChI=1S/C22H22FN5O3/c23-18-12-15(5-6-16(18)22(30)28-7-9-31-10-8-28)25-13-20(27-24)17-11-14-3-1-2-4-19(14)26-21(17)29/h1-6,11-13,22,30H,7-10,24H2,(H,26,29). The lowest BCUT2D eigenvalue weighted by Crippen LogP contribution is -2.39. The van der Waals surface area contributed by atoms with Crippen molar-refractivity contribution in [3.05, 3.63) is 75.8 Å². The van der Waals surface area contributed by atoms with Gasteiger partial charge in [0.1, 0.15) is 17.8 Å². The number of aromatic nitrogens is 1. The number of rotatable bonds is 5. The molecule has 31 heavy (non-hydrogen) atoms. The fraction of sp³-hybridized carbons (Fsp3) is 0.227. The number of fused-ring (bicyclic) bond motifs is 1. The van der Waals surface area contributed by atoms with Gasteiger partial charge in [-0.15, -0.1) is 0 Å². The first-order valence-electron chi connectivity index (χ1n) is 9.80. The van der Waals surface area contributed by atoms with Gasteiger partial charge in [0.05, 0.1) is 30.7 Å². The van der Waals surface area contributed by atoms with Gasteiger partial charge in [-0.1, -0.05) is 18.2 Å². The highest BCUT2D eigenvalue weighted by Gasteiger charge is 2.22. The van der Waals surface area contributed by atoms with Crippen LogP contribution in [0.4, 0.5) is 10.1 Å². The molecule has 0 saturated carbocycles. The van der Waals surface area contributed by atoms with E-state index in [1.165, 1.54) is 18.3 Å². The second-order valence-electron chi connectivity index (χ2n) is 7.10. The maximum Gasteiger partial charge on any atom is 0.258 e. The first kappa shape index (κ1) is 20.9. The average Bonchev–Trinajstić information content (AvgIpc) is 2.80. The minimum Gasteiger partial charge on any atom is -0.379 e. The summed E-state index contributed by atoms with van der Waals surface area (Å²) in [4.78, 5) is 21.1. The van der Waals surface area contributed by atoms with Crippen molar-refractivity contribution in [3.8, 4) is 0 Å². The number of aliphatic imine (C=N–C) groups is 1. The van der Waals surface area contributed by atoms with Crippen molar-refractivity contribution in [2.45, 2.75) is 6.23 Å². The van der Waals surface area contributed by atoms with Crippen molar-refractivity contribution in [3.63, 3.8) is 0 Å². The number of halogens is 1. The number of nitrogens with one attached hydrogen (secondary N) is 1. The van der Waals surface area contributed by atoms with Crippen LogP contribution < -0.4 is 11.4 Å². The molecule has 2 heterocycles. The molecule has 1 aromatic heterocycles. The third kappa shape index (κ3) is 4.53. The van der Waals surface area contributed by atoms with E-state index < -0.39 is 12.0 Å². The Kier molecular flexibility index (Phi) is 6.17. The van der Waals surface area contributed by atoms with Gasteiger partial charge in [0, 0.05) is 24.2 Å². The van der Waals surface area contributed by atoms with Crippen LogP contribution in [0.1, 0.15) is 17.4 Å². The number of pyridine rings is 1. The highest BCUT2D eigenvalue weighted by atomic mass is 19.1. The third-order valence-electron chi connectivity index (χ3n) is 5.16. The summed E-state index contributed by atoms with van der Waals surface area (Å²) in [5, 5.41) is 14.9. The van der Waals surface area contributed by atoms with E-state index in [9.17, 15) is 14.3 Å². The molecule has 1 fully saturated rings. The van der Waals surface area contributed by atoms with Crippen LogP contribution in [0.5, 0.6) is 0 Å². The Morgan fingerprint density at radius 2 is 2.00 bits per heavy atom. The van der Waals surface area contributed by atoms with Crippen LogP contribution >= 0.6 is 0 Å². The number of aromatic amines is 1. The minimum atomic E-state index is -1.06. The average molecular weight is 423 g/mol. The maximum absolute atomic E-state index is 14.6. The number of hydrazone groups is 1. The van der Waals surface area contributed by atoms with Crippen molar-refractivity contribution in [1.82, 2.24) is 9.88 Å². The fourth-order valence-corrected chi connectivity index (χ4v) is 3.47. The molecule has 0 aliphatic carbocycles. The van der Waals surface area contributed by atoms with Crippen LogP contribution in [0.15, 0.2) is 63.4 Å². The quantitative estimate of drug-likeness (QED) is 0.330. The molecule has 0 amide bonds. The summed E-state index contributed by atoms with van der Waals surface area (Å²) in [6.45, 7) is 2.04. The Morgan fingerprint density at radius 1 is 1.23 bits per heavy atom. The first-order chi connectivity index (χ1) is 15.1. The van der Waals surface area contributed by atoms with E-state index in [-0.39, 0.29) is 22.4 Å². The van der Waals surface area contributed by atoms with Gasteiger partial charge in [0.25, 0.3) is 5.56 Å². The van der Waals surface area contributed by atoms with Crippen LogP contribution in [0.3, 0.4) is 0 Å². The molecule has 0 radical (unpaired) electrons. The molecule has 1 atom stereocenters. The highest BCUT2D eigenvalue weighted by molar-refractivity contribution is 6.38. The summed E-state index contributed by atoms with van der Waals surface area (Å²) in [5.41, 5.74) is 1.22. The summed E-state index contributed by atoms with van der Waals surface area (Å²) in [6, 6.07) is 13.3. The number of aliphatic hydroxyl groups is 1. The van der Waals surface area contributed by atoms with Gasteiger partial charge in [-0.3, -0.25) is 14.7 Å². The predicted octanol–water partition coefficient (Wildman–Crippen LogP) is 2.06. The van der Waals surface area contributed by atoms with Crippen molar-refractivity contribution >= 4 is 28.5 Å². The maximum atomic E-state index is 14.6. The zero-order valence-corrected chi connectivity index (χ0v) is 16.7. The van der Waals surface area contributed by atoms with Crippen LogP contribution in [-0.4, -0.2) is 53.2 Å². The zero-order valence-electron chi connectivity index (χ0n) is 16.7. The van der Waals surface area contributed by atoms with Gasteiger partial charge in [0.2, 0.25) is 0 Å². The van der Waals surface area contributed by atoms with Crippen molar-refractivity contribution in [2.75, 3.05) is 26.3 Å². The number of hydrogen-bond acceptors (Lipinski definition) is 7. The van der Waals surface area contributed by atoms with Gasteiger partial charge in [0.15, 0.2) is 0 Å². The molecule has 160 valence electrons. The molecule has 8 nitrogen and oxygen atoms in total. The van der Waals surface area contributed by atoms with Crippen LogP contribution in [0, 0.1) is 5.82 Å². The number of benzene rings is 2. The second kappa shape index (κ2) is 9.17. The lowest BCUT2D eigenvalue weighted by Gasteiger charge is -2.31. The molecule has 3 aromatic rings. The topological polar surface area (TPSA) is 116 Å². The van der Waals surface area contributed by atoms with Gasteiger partial charge >= 0.3 is 0 Å². The number of aliphatic hydroxyl groups excluding tert-OH is 1. The molecule has 1 saturated heterocycles. The van der Waals surface area contributed by atoms with E-state index in [1.54, 1.807) is 23.1 Å². The molecular weight excluding hydrogens is 401 g/mol. The molecule has 1 aliphatic rings. The highest BCUT2D eigenvalue weighted by Crippen LogP contribution is 2.25. The number of morpholine rings is 1. The Balaban J connectivity index is 1.57. The Bertz CT molecular complexity index is 1200. The van der Waals surface area contributed by atoms with Crippen molar-refractivity contribution in [2.24, 2.45) is 15.9 Å². The molecule has 1 unspecified atom stereocenters. The molecule has 9 heteroatoms. The zero-order chi connectivity index (χ0) is 21.8. The number of ether oxygens (including phenoxy) is 1. The summed E-state index contributed by atoms with van der Waals surface area (Å²) in [5.74, 6) is 4.90. The van der Waals surface area contributed by atoms with E-state index in [2.05, 4.69) is 15.1 Å². The molecule has 1 aliphatic heterocycles. The molecule has 2 aromatic carbocycles. The number of H-pyrrole nitrogens is 1. The smallest absolute Gasteiger partial charge is 0.258 e. The summed E-state index contributed by atoms with van der Waals surface area (Å²) < 4.78 is 19.9. The molecule has 4 N–H and O–H groups in total. The molecule has 0 bridgehead atoms. The minimum absolute atomic E-state index is 0.157. The second-order valence-corrected chi connectivity index (χ2v) is 7.10. The number of nitrogens with zero attached hydrogens (tertiary/aromatic N) is 3. The van der Waals surface area contributed by atoms with Crippen LogP contribution in [-0.2, 0) is 4.74 Å². The normalized spacial score (nSPS) is 16.8. The summed E-state index contributed by atoms with van der Waals surface area (Å²) in [6.07, 6.45) is 0.255. The number of hydrogen-bond donors (Lipinski definition) is 3. The van der Waals surface area contributed by atoms with Crippen molar-refractivity contribution < 1.29 is 14.2 Å². The number of nitrogens with two attached hydrogens (primary N) is 1. The lowest BCUT2D eigenvalue weighted by atomic mass is 10.1.